The quantitative estimate of drug-likeness (QED) is 0.291. The molecule has 172 valence electrons. The van der Waals surface area contributed by atoms with Crippen LogP contribution in [-0.4, -0.2) is 38.0 Å². The Balaban J connectivity index is 1.51. The maximum Gasteiger partial charge on any atom is 0.294 e. The number of amides is 3. The van der Waals surface area contributed by atoms with Gasteiger partial charge >= 0.3 is 0 Å². The van der Waals surface area contributed by atoms with Crippen molar-refractivity contribution >= 4 is 57.9 Å². The summed E-state index contributed by atoms with van der Waals surface area (Å²) in [5.74, 6) is -1.14. The Morgan fingerprint density at radius 1 is 1.18 bits per heavy atom. The number of nitro benzene ring substituents is 1. The number of hydrogen-bond donors (Lipinski definition) is 1. The monoisotopic (exact) mass is 496 g/mol. The highest BCUT2D eigenvalue weighted by Crippen LogP contribution is 2.33. The van der Waals surface area contributed by atoms with Crippen LogP contribution in [0.15, 0.2) is 65.7 Å². The highest BCUT2D eigenvalue weighted by Gasteiger charge is 2.36. The van der Waals surface area contributed by atoms with Crippen molar-refractivity contribution in [3.05, 3.63) is 92.1 Å². The van der Waals surface area contributed by atoms with Crippen LogP contribution in [0.2, 0.25) is 5.02 Å². The maximum absolute atomic E-state index is 12.8. The van der Waals surface area contributed by atoms with E-state index in [-0.39, 0.29) is 10.6 Å². The molecule has 3 aromatic rings. The molecule has 0 aliphatic carbocycles. The van der Waals surface area contributed by atoms with Gasteiger partial charge in [0.25, 0.3) is 16.8 Å². The van der Waals surface area contributed by atoms with Crippen LogP contribution in [0.4, 0.5) is 16.2 Å². The number of aromatic nitrogens is 1. The van der Waals surface area contributed by atoms with E-state index in [1.807, 2.05) is 6.92 Å². The molecular formula is C23H17ClN4O5S. The Morgan fingerprint density at radius 3 is 2.71 bits per heavy atom. The van der Waals surface area contributed by atoms with Crippen molar-refractivity contribution in [1.29, 1.82) is 0 Å². The number of rotatable bonds is 6. The summed E-state index contributed by atoms with van der Waals surface area (Å²) in [7, 11) is 0. The lowest BCUT2D eigenvalue weighted by Gasteiger charge is -2.13. The number of nitrogens with one attached hydrogen (secondary N) is 1. The molecule has 1 aromatic heterocycles. The smallest absolute Gasteiger partial charge is 0.294 e. The van der Waals surface area contributed by atoms with Gasteiger partial charge < -0.3 is 9.88 Å². The number of benzene rings is 2. The molecule has 1 saturated heterocycles. The van der Waals surface area contributed by atoms with Crippen molar-refractivity contribution in [3.8, 4) is 5.69 Å². The van der Waals surface area contributed by atoms with Gasteiger partial charge in [0.1, 0.15) is 6.54 Å². The Kier molecular flexibility index (Phi) is 6.53. The zero-order chi connectivity index (χ0) is 24.4. The van der Waals surface area contributed by atoms with Crippen molar-refractivity contribution in [2.75, 3.05) is 11.9 Å². The molecule has 0 unspecified atom stereocenters. The SMILES string of the molecule is Cc1ccc(NC(=O)CN2C(=O)S/C(=C/c3cccn3-c3cccc([N+](=O)[O-])c3)C2=O)cc1Cl. The zero-order valence-electron chi connectivity index (χ0n) is 17.7. The van der Waals surface area contributed by atoms with Gasteiger partial charge in [0, 0.05) is 34.7 Å². The summed E-state index contributed by atoms with van der Waals surface area (Å²) in [6, 6.07) is 14.5. The molecule has 1 fully saturated rings. The molecule has 34 heavy (non-hydrogen) atoms. The lowest BCUT2D eigenvalue weighted by molar-refractivity contribution is -0.384. The van der Waals surface area contributed by atoms with Crippen LogP contribution in [0.5, 0.6) is 0 Å². The molecule has 1 aliphatic heterocycles. The van der Waals surface area contributed by atoms with E-state index >= 15 is 0 Å². The fourth-order valence-electron chi connectivity index (χ4n) is 3.29. The van der Waals surface area contributed by atoms with Crippen LogP contribution in [-0.2, 0) is 9.59 Å². The van der Waals surface area contributed by atoms with Gasteiger partial charge in [-0.1, -0.05) is 23.7 Å². The fraction of sp³-hybridized carbons (Fsp3) is 0.0870. The van der Waals surface area contributed by atoms with E-state index in [1.54, 1.807) is 53.2 Å². The van der Waals surface area contributed by atoms with Gasteiger partial charge in [-0.05, 0) is 60.7 Å². The van der Waals surface area contributed by atoms with E-state index in [0.717, 1.165) is 22.2 Å². The number of thioether (sulfide) groups is 1. The van der Waals surface area contributed by atoms with Gasteiger partial charge in [0.15, 0.2) is 0 Å². The molecule has 1 aliphatic rings. The average Bonchev–Trinajstić information content (AvgIpc) is 3.36. The Hall–Kier alpha value is -3.89. The van der Waals surface area contributed by atoms with Crippen molar-refractivity contribution in [1.82, 2.24) is 9.47 Å². The number of hydrogen-bond acceptors (Lipinski definition) is 6. The fourth-order valence-corrected chi connectivity index (χ4v) is 4.29. The number of carbonyl (C=O) groups excluding carboxylic acids is 3. The van der Waals surface area contributed by atoms with Crippen LogP contribution in [0.3, 0.4) is 0 Å². The number of halogens is 1. The molecule has 9 nitrogen and oxygen atoms in total. The lowest BCUT2D eigenvalue weighted by atomic mass is 10.2. The number of anilines is 1. The van der Waals surface area contributed by atoms with E-state index in [1.165, 1.54) is 18.2 Å². The number of imide groups is 1. The summed E-state index contributed by atoms with van der Waals surface area (Å²) in [5.41, 5.74) is 2.31. The third kappa shape index (κ3) is 4.87. The van der Waals surface area contributed by atoms with E-state index in [0.29, 0.717) is 22.1 Å². The predicted molar refractivity (Wildman–Crippen MR) is 130 cm³/mol. The molecule has 0 saturated carbocycles. The molecule has 0 atom stereocenters. The first kappa shape index (κ1) is 23.3. The van der Waals surface area contributed by atoms with Gasteiger partial charge in [-0.2, -0.15) is 0 Å². The number of aryl methyl sites for hydroxylation is 1. The number of nitro groups is 1. The minimum Gasteiger partial charge on any atom is -0.324 e. The minimum atomic E-state index is -0.598. The predicted octanol–water partition coefficient (Wildman–Crippen LogP) is 5.02. The molecule has 2 heterocycles. The first-order chi connectivity index (χ1) is 16.2. The molecule has 11 heteroatoms. The first-order valence-corrected chi connectivity index (χ1v) is 11.2. The molecular weight excluding hydrogens is 480 g/mol. The Labute approximate surface area is 203 Å². The van der Waals surface area contributed by atoms with Gasteiger partial charge in [-0.15, -0.1) is 0 Å². The third-order valence-electron chi connectivity index (χ3n) is 5.01. The Morgan fingerprint density at radius 2 is 1.97 bits per heavy atom. The van der Waals surface area contributed by atoms with E-state index in [9.17, 15) is 24.5 Å². The summed E-state index contributed by atoms with van der Waals surface area (Å²) >= 11 is 6.79. The molecule has 2 aromatic carbocycles. The van der Waals surface area contributed by atoms with E-state index in [2.05, 4.69) is 5.32 Å². The largest absolute Gasteiger partial charge is 0.324 e. The van der Waals surface area contributed by atoms with Crippen molar-refractivity contribution < 1.29 is 19.3 Å². The first-order valence-electron chi connectivity index (χ1n) is 9.96. The van der Waals surface area contributed by atoms with Crippen molar-refractivity contribution in [2.24, 2.45) is 0 Å². The van der Waals surface area contributed by atoms with E-state index in [4.69, 9.17) is 11.6 Å². The molecule has 0 bridgehead atoms. The highest BCUT2D eigenvalue weighted by atomic mass is 35.5. The second-order valence-electron chi connectivity index (χ2n) is 7.36. The summed E-state index contributed by atoms with van der Waals surface area (Å²) in [6.45, 7) is 1.38. The van der Waals surface area contributed by atoms with Gasteiger partial charge in [-0.3, -0.25) is 29.4 Å². The zero-order valence-corrected chi connectivity index (χ0v) is 19.3. The molecule has 0 radical (unpaired) electrons. The Bertz CT molecular complexity index is 1370. The summed E-state index contributed by atoms with van der Waals surface area (Å²) < 4.78 is 1.66. The van der Waals surface area contributed by atoms with E-state index < -0.39 is 28.5 Å². The standard InChI is InChI=1S/C23H17ClN4O5S/c1-14-7-8-15(10-19(14)24)25-21(29)13-27-22(30)20(34-23(27)31)12-17-6-3-9-26(17)16-4-2-5-18(11-16)28(32)33/h2-12H,13H2,1H3,(H,25,29)/b20-12+. The summed E-state index contributed by atoms with van der Waals surface area (Å²) in [4.78, 5) is 49.3. The molecule has 4 rings (SSSR count). The average molecular weight is 497 g/mol. The van der Waals surface area contributed by atoms with Crippen LogP contribution >= 0.6 is 23.4 Å². The molecule has 3 amide bonds. The van der Waals surface area contributed by atoms with Crippen LogP contribution in [0.1, 0.15) is 11.3 Å². The number of nitrogens with zero attached hydrogens (tertiary/aromatic N) is 3. The molecule has 0 spiro atoms. The van der Waals surface area contributed by atoms with Crippen LogP contribution in [0, 0.1) is 17.0 Å². The van der Waals surface area contributed by atoms with Crippen molar-refractivity contribution in [2.45, 2.75) is 6.92 Å². The number of carbonyl (C=O) groups is 3. The van der Waals surface area contributed by atoms with Gasteiger partial charge in [-0.25, -0.2) is 0 Å². The highest BCUT2D eigenvalue weighted by molar-refractivity contribution is 8.18. The summed E-state index contributed by atoms with van der Waals surface area (Å²) in [6.07, 6.45) is 3.21. The second-order valence-corrected chi connectivity index (χ2v) is 8.76. The number of non-ortho nitro benzene ring substituents is 1. The summed E-state index contributed by atoms with van der Waals surface area (Å²) in [5, 5.41) is 13.6. The topological polar surface area (TPSA) is 115 Å². The van der Waals surface area contributed by atoms with Crippen LogP contribution < -0.4 is 5.32 Å². The van der Waals surface area contributed by atoms with Crippen molar-refractivity contribution in [3.63, 3.8) is 0 Å². The van der Waals surface area contributed by atoms with Crippen LogP contribution in [0.25, 0.3) is 11.8 Å². The minimum absolute atomic E-state index is 0.0710. The van der Waals surface area contributed by atoms with Gasteiger partial charge in [0.2, 0.25) is 5.91 Å². The molecule has 1 N–H and O–H groups in total. The maximum atomic E-state index is 12.8. The third-order valence-corrected chi connectivity index (χ3v) is 6.32. The second kappa shape index (κ2) is 9.54. The van der Waals surface area contributed by atoms with Gasteiger partial charge in [0.05, 0.1) is 15.5 Å². The normalized spacial score (nSPS) is 14.6. The lowest BCUT2D eigenvalue weighted by Crippen LogP contribution is -2.36.